The minimum absolute atomic E-state index is 0.0835. The van der Waals surface area contributed by atoms with Crippen LogP contribution in [0, 0.1) is 0 Å². The average molecular weight is 311 g/mol. The van der Waals surface area contributed by atoms with Gasteiger partial charge in [-0.2, -0.15) is 0 Å². The highest BCUT2D eigenvalue weighted by molar-refractivity contribution is 5.75. The van der Waals surface area contributed by atoms with Crippen LogP contribution in [0.15, 0.2) is 12.2 Å². The summed E-state index contributed by atoms with van der Waals surface area (Å²) in [5, 5.41) is 2.62. The highest BCUT2D eigenvalue weighted by Gasteiger charge is 1.98. The fourth-order valence-corrected chi connectivity index (χ4v) is 2.56. The van der Waals surface area contributed by atoms with E-state index in [0.29, 0.717) is 6.42 Å². The molecule has 0 saturated carbocycles. The molecule has 22 heavy (non-hydrogen) atoms. The molecule has 0 bridgehead atoms. The van der Waals surface area contributed by atoms with E-state index in [9.17, 15) is 4.79 Å². The molecule has 0 fully saturated rings. The summed E-state index contributed by atoms with van der Waals surface area (Å²) >= 11 is 0. The first-order valence-corrected chi connectivity index (χ1v) is 9.43. The molecule has 0 spiro atoms. The van der Waals surface area contributed by atoms with Crippen LogP contribution in [0.4, 0.5) is 0 Å². The molecule has 0 saturated heterocycles. The van der Waals surface area contributed by atoms with Crippen molar-refractivity contribution in [2.45, 2.75) is 96.8 Å². The second-order valence-electron chi connectivity index (χ2n) is 6.14. The Hall–Kier alpha value is -0.830. The Morgan fingerprint density at radius 2 is 1.32 bits per heavy atom. The summed E-state index contributed by atoms with van der Waals surface area (Å²) in [6.07, 6.45) is 22.0. The molecule has 0 unspecified atom stereocenters. The van der Waals surface area contributed by atoms with Gasteiger partial charge in [-0.1, -0.05) is 70.4 Å². The zero-order chi connectivity index (χ0) is 16.3. The molecule has 0 aliphatic carbocycles. The quantitative estimate of drug-likeness (QED) is 0.238. The van der Waals surface area contributed by atoms with E-state index in [1.165, 1.54) is 70.6 Å². The number of nitrogens with one attached hydrogen (secondary N) is 1. The predicted octanol–water partition coefficient (Wildman–Crippen LogP) is 5.06. The minimum atomic E-state index is 0.0835. The van der Waals surface area contributed by atoms with Gasteiger partial charge in [0.1, 0.15) is 0 Å². The Kier molecular flexibility index (Phi) is 17.5. The zero-order valence-electron chi connectivity index (χ0n) is 14.7. The summed E-state index contributed by atoms with van der Waals surface area (Å²) in [7, 11) is 0. The second kappa shape index (κ2) is 18.2. The summed E-state index contributed by atoms with van der Waals surface area (Å²) in [6, 6.07) is 0. The van der Waals surface area contributed by atoms with Crippen LogP contribution in [-0.4, -0.2) is 12.6 Å². The normalized spacial score (nSPS) is 11.2. The summed E-state index contributed by atoms with van der Waals surface area (Å²) in [4.78, 5) is 11.2. The lowest BCUT2D eigenvalue weighted by atomic mass is 10.1. The molecule has 130 valence electrons. The first kappa shape index (κ1) is 21.2. The smallest absolute Gasteiger partial charge is 0.220 e. The van der Waals surface area contributed by atoms with Gasteiger partial charge in [-0.25, -0.2) is 0 Å². The SMILES string of the molecule is CCCCCCCC/C=C\CCCCCCCC(=O)NCN. The second-order valence-corrected chi connectivity index (χ2v) is 6.14. The molecule has 0 radical (unpaired) electrons. The highest BCUT2D eigenvalue weighted by Crippen LogP contribution is 2.09. The van der Waals surface area contributed by atoms with Gasteiger partial charge in [-0.05, 0) is 32.1 Å². The molecule has 0 aromatic heterocycles. The average Bonchev–Trinajstić information content (AvgIpc) is 2.51. The van der Waals surface area contributed by atoms with Crippen LogP contribution in [0.2, 0.25) is 0 Å². The maximum Gasteiger partial charge on any atom is 0.220 e. The molecule has 1 amide bonds. The van der Waals surface area contributed by atoms with Crippen LogP contribution in [0.25, 0.3) is 0 Å². The number of unbranched alkanes of at least 4 members (excludes halogenated alkanes) is 11. The van der Waals surface area contributed by atoms with Crippen molar-refractivity contribution in [2.75, 3.05) is 6.67 Å². The molecule has 3 nitrogen and oxygen atoms in total. The Balaban J connectivity index is 3.12. The number of nitrogens with two attached hydrogens (primary N) is 1. The molecule has 0 aromatic carbocycles. The van der Waals surface area contributed by atoms with Crippen LogP contribution < -0.4 is 11.1 Å². The van der Waals surface area contributed by atoms with Crippen molar-refractivity contribution in [2.24, 2.45) is 5.73 Å². The topological polar surface area (TPSA) is 55.1 Å². The van der Waals surface area contributed by atoms with E-state index in [-0.39, 0.29) is 12.6 Å². The van der Waals surface area contributed by atoms with Crippen molar-refractivity contribution >= 4 is 5.91 Å². The first-order chi connectivity index (χ1) is 10.8. The molecule has 0 heterocycles. The van der Waals surface area contributed by atoms with Gasteiger partial charge in [0.25, 0.3) is 0 Å². The summed E-state index contributed by atoms with van der Waals surface area (Å²) < 4.78 is 0. The third kappa shape index (κ3) is 17.2. The van der Waals surface area contributed by atoms with E-state index in [1.54, 1.807) is 0 Å². The number of carbonyl (C=O) groups is 1. The van der Waals surface area contributed by atoms with Crippen molar-refractivity contribution < 1.29 is 4.79 Å². The van der Waals surface area contributed by atoms with Gasteiger partial charge >= 0.3 is 0 Å². The Morgan fingerprint density at radius 3 is 1.86 bits per heavy atom. The predicted molar refractivity (Wildman–Crippen MR) is 96.6 cm³/mol. The van der Waals surface area contributed by atoms with Gasteiger partial charge in [0.15, 0.2) is 0 Å². The number of hydrogen-bond acceptors (Lipinski definition) is 2. The molecule has 3 heteroatoms. The third-order valence-corrected chi connectivity index (χ3v) is 3.96. The molecule has 3 N–H and O–H groups in total. The third-order valence-electron chi connectivity index (χ3n) is 3.96. The van der Waals surface area contributed by atoms with Gasteiger partial charge in [-0.3, -0.25) is 4.79 Å². The lowest BCUT2D eigenvalue weighted by Crippen LogP contribution is -2.28. The zero-order valence-corrected chi connectivity index (χ0v) is 14.7. The van der Waals surface area contributed by atoms with Gasteiger partial charge < -0.3 is 11.1 Å². The summed E-state index contributed by atoms with van der Waals surface area (Å²) in [5.41, 5.74) is 5.25. The van der Waals surface area contributed by atoms with Crippen LogP contribution in [-0.2, 0) is 4.79 Å². The molecular formula is C19H38N2O. The molecule has 0 aliphatic rings. The number of rotatable bonds is 16. The van der Waals surface area contributed by atoms with Gasteiger partial charge in [0, 0.05) is 6.42 Å². The van der Waals surface area contributed by atoms with E-state index < -0.39 is 0 Å². The number of hydrogen-bond donors (Lipinski definition) is 2. The summed E-state index contributed by atoms with van der Waals surface area (Å²) in [5.74, 6) is 0.0835. The number of amides is 1. The molecular weight excluding hydrogens is 272 g/mol. The maximum atomic E-state index is 11.2. The van der Waals surface area contributed by atoms with Crippen LogP contribution in [0.3, 0.4) is 0 Å². The van der Waals surface area contributed by atoms with Crippen LogP contribution >= 0.6 is 0 Å². The fourth-order valence-electron chi connectivity index (χ4n) is 2.56. The van der Waals surface area contributed by atoms with Gasteiger partial charge in [-0.15, -0.1) is 0 Å². The standard InChI is InChI=1S/C19H38N2O/c1-2-3-4-5-6-7-8-9-10-11-12-13-14-15-16-17-19(22)21-18-20/h9-10H,2-8,11-18,20H2,1H3,(H,21,22)/b10-9-. The van der Waals surface area contributed by atoms with Crippen LogP contribution in [0.1, 0.15) is 96.8 Å². The van der Waals surface area contributed by atoms with E-state index in [1.807, 2.05) is 0 Å². The maximum absolute atomic E-state index is 11.2. The number of carbonyl (C=O) groups excluding carboxylic acids is 1. The fraction of sp³-hybridized carbons (Fsp3) is 0.842. The van der Waals surface area contributed by atoms with E-state index in [4.69, 9.17) is 5.73 Å². The van der Waals surface area contributed by atoms with E-state index >= 15 is 0 Å². The van der Waals surface area contributed by atoms with Gasteiger partial charge in [0.05, 0.1) is 6.67 Å². The first-order valence-electron chi connectivity index (χ1n) is 9.43. The Labute approximate surface area is 138 Å². The molecule has 0 atom stereocenters. The van der Waals surface area contributed by atoms with Crippen molar-refractivity contribution in [1.82, 2.24) is 5.32 Å². The number of allylic oxidation sites excluding steroid dienone is 2. The van der Waals surface area contributed by atoms with E-state index in [0.717, 1.165) is 12.8 Å². The van der Waals surface area contributed by atoms with Crippen molar-refractivity contribution in [3.05, 3.63) is 12.2 Å². The van der Waals surface area contributed by atoms with Crippen molar-refractivity contribution in [1.29, 1.82) is 0 Å². The lowest BCUT2D eigenvalue weighted by Gasteiger charge is -2.02. The van der Waals surface area contributed by atoms with Crippen molar-refractivity contribution in [3.63, 3.8) is 0 Å². The Morgan fingerprint density at radius 1 is 0.818 bits per heavy atom. The van der Waals surface area contributed by atoms with Crippen molar-refractivity contribution in [3.8, 4) is 0 Å². The van der Waals surface area contributed by atoms with Gasteiger partial charge in [0.2, 0.25) is 5.91 Å². The lowest BCUT2D eigenvalue weighted by molar-refractivity contribution is -0.121. The Bertz CT molecular complexity index is 264. The molecule has 0 aliphatic heterocycles. The largest absolute Gasteiger partial charge is 0.344 e. The molecule has 0 aromatic rings. The molecule has 0 rings (SSSR count). The minimum Gasteiger partial charge on any atom is -0.344 e. The summed E-state index contributed by atoms with van der Waals surface area (Å²) in [6.45, 7) is 2.52. The highest BCUT2D eigenvalue weighted by atomic mass is 16.1. The van der Waals surface area contributed by atoms with E-state index in [2.05, 4.69) is 24.4 Å². The monoisotopic (exact) mass is 310 g/mol. The van der Waals surface area contributed by atoms with Crippen LogP contribution in [0.5, 0.6) is 0 Å².